The first-order valence-electron chi connectivity index (χ1n) is 9.42. The van der Waals surface area contributed by atoms with Gasteiger partial charge in [0.1, 0.15) is 11.6 Å². The van der Waals surface area contributed by atoms with Crippen LogP contribution in [0.5, 0.6) is 0 Å². The highest BCUT2D eigenvalue weighted by Gasteiger charge is 2.52. The van der Waals surface area contributed by atoms with Gasteiger partial charge in [0.25, 0.3) is 0 Å². The Hall–Kier alpha value is -2.64. The van der Waals surface area contributed by atoms with Gasteiger partial charge in [-0.15, -0.1) is 0 Å². The van der Waals surface area contributed by atoms with Crippen LogP contribution in [0.15, 0.2) is 18.3 Å². The number of carbonyl (C=O) groups excluding carboxylic acids is 1. The van der Waals surface area contributed by atoms with Crippen LogP contribution in [0.2, 0.25) is 0 Å². The van der Waals surface area contributed by atoms with Crippen molar-refractivity contribution in [3.05, 3.63) is 35.4 Å². The molecule has 6 nitrogen and oxygen atoms in total. The Balaban J connectivity index is 1.83. The third kappa shape index (κ3) is 3.21. The number of carbonyl (C=O) groups is 1. The van der Waals surface area contributed by atoms with Crippen LogP contribution in [0.1, 0.15) is 63.5 Å². The van der Waals surface area contributed by atoms with E-state index < -0.39 is 11.7 Å². The molecule has 2 aromatic heterocycles. The maximum atomic E-state index is 14.0. The quantitative estimate of drug-likeness (QED) is 0.849. The first-order chi connectivity index (χ1) is 13.1. The van der Waals surface area contributed by atoms with E-state index in [1.165, 1.54) is 6.92 Å². The number of rotatable bonds is 4. The molecule has 2 aliphatic rings. The number of anilines is 3. The molecule has 1 aliphatic carbocycles. The number of hydrogen-bond donors (Lipinski definition) is 1. The molecule has 0 bridgehead atoms. The molecule has 4 rings (SSSR count). The van der Waals surface area contributed by atoms with Crippen LogP contribution >= 0.6 is 0 Å². The molecule has 1 aliphatic heterocycles. The Morgan fingerprint density at radius 2 is 2.00 bits per heavy atom. The maximum Gasteiger partial charge on any atom is 0.303 e. The molecule has 0 radical (unpaired) electrons. The van der Waals surface area contributed by atoms with Crippen molar-refractivity contribution in [1.82, 2.24) is 15.0 Å². The van der Waals surface area contributed by atoms with Crippen LogP contribution in [-0.4, -0.2) is 27.4 Å². The topological polar surface area (TPSA) is 71.0 Å². The third-order valence-corrected chi connectivity index (χ3v) is 5.36. The molecular formula is C20H23F2N5O. The van der Waals surface area contributed by atoms with E-state index in [0.717, 1.165) is 31.0 Å². The number of hydrogen-bond acceptors (Lipinski definition) is 5. The summed E-state index contributed by atoms with van der Waals surface area (Å²) in [6.45, 7) is 6.74. The molecule has 0 unspecified atom stereocenters. The predicted molar refractivity (Wildman–Crippen MR) is 102 cm³/mol. The van der Waals surface area contributed by atoms with Gasteiger partial charge in [0, 0.05) is 55.4 Å². The summed E-state index contributed by atoms with van der Waals surface area (Å²) in [4.78, 5) is 26.0. The zero-order chi connectivity index (χ0) is 20.3. The standard InChI is InChI=1S/C20H23F2N5O/c1-11(2)14-7-17(26-18(25-14)19(4,21)22)27-10-20(5-6-20)13-9-23-16(8-15(13)27)24-12(3)28/h7-9,11H,5-6,10H2,1-4H3,(H,23,24,28). The maximum absolute atomic E-state index is 14.0. The largest absolute Gasteiger partial charge is 0.325 e. The highest BCUT2D eigenvalue weighted by atomic mass is 19.3. The average molecular weight is 387 g/mol. The number of pyridine rings is 1. The Morgan fingerprint density at radius 3 is 2.57 bits per heavy atom. The van der Waals surface area contributed by atoms with Gasteiger partial charge in [0.05, 0.1) is 5.69 Å². The van der Waals surface area contributed by atoms with E-state index in [2.05, 4.69) is 20.3 Å². The minimum atomic E-state index is -3.13. The van der Waals surface area contributed by atoms with Crippen molar-refractivity contribution in [1.29, 1.82) is 0 Å². The van der Waals surface area contributed by atoms with Crippen molar-refractivity contribution in [2.24, 2.45) is 0 Å². The smallest absolute Gasteiger partial charge is 0.303 e. The Kier molecular flexibility index (Phi) is 4.13. The van der Waals surface area contributed by atoms with Crippen LogP contribution in [-0.2, 0) is 16.1 Å². The lowest BCUT2D eigenvalue weighted by Crippen LogP contribution is -2.23. The molecule has 1 amide bonds. The molecule has 0 atom stereocenters. The van der Waals surface area contributed by atoms with Gasteiger partial charge in [0.2, 0.25) is 11.7 Å². The lowest BCUT2D eigenvalue weighted by molar-refractivity contribution is -0.114. The Labute approximate surface area is 162 Å². The van der Waals surface area contributed by atoms with Crippen molar-refractivity contribution >= 4 is 23.2 Å². The molecule has 28 heavy (non-hydrogen) atoms. The summed E-state index contributed by atoms with van der Waals surface area (Å²) in [6.07, 6.45) is 3.83. The first-order valence-corrected chi connectivity index (χ1v) is 9.42. The fourth-order valence-electron chi connectivity index (χ4n) is 3.66. The van der Waals surface area contributed by atoms with Crippen LogP contribution in [0.3, 0.4) is 0 Å². The second-order valence-electron chi connectivity index (χ2n) is 8.15. The van der Waals surface area contributed by atoms with E-state index in [4.69, 9.17) is 0 Å². The van der Waals surface area contributed by atoms with Crippen LogP contribution in [0.25, 0.3) is 0 Å². The molecule has 2 aromatic rings. The van der Waals surface area contributed by atoms with E-state index >= 15 is 0 Å². The van der Waals surface area contributed by atoms with Crippen molar-refractivity contribution < 1.29 is 13.6 Å². The van der Waals surface area contributed by atoms with Crippen molar-refractivity contribution in [3.63, 3.8) is 0 Å². The van der Waals surface area contributed by atoms with Crippen molar-refractivity contribution in [2.45, 2.75) is 57.8 Å². The van der Waals surface area contributed by atoms with Gasteiger partial charge in [-0.25, -0.2) is 15.0 Å². The second-order valence-corrected chi connectivity index (χ2v) is 8.15. The molecule has 148 valence electrons. The molecule has 1 fully saturated rings. The molecule has 0 saturated heterocycles. The fraction of sp³-hybridized carbons (Fsp3) is 0.500. The third-order valence-electron chi connectivity index (χ3n) is 5.36. The van der Waals surface area contributed by atoms with E-state index in [9.17, 15) is 13.6 Å². The molecule has 1 N–H and O–H groups in total. The molecule has 8 heteroatoms. The summed E-state index contributed by atoms with van der Waals surface area (Å²) in [6, 6.07) is 3.58. The van der Waals surface area contributed by atoms with Gasteiger partial charge in [0.15, 0.2) is 0 Å². The van der Waals surface area contributed by atoms with E-state index in [1.54, 1.807) is 18.3 Å². The number of aromatic nitrogens is 3. The SMILES string of the molecule is CC(=O)Nc1cc2c(cn1)C1(CC1)CN2c1cc(C(C)C)nc(C(C)(F)F)n1. The highest BCUT2D eigenvalue weighted by Crippen LogP contribution is 2.58. The number of halogens is 2. The molecular weight excluding hydrogens is 364 g/mol. The summed E-state index contributed by atoms with van der Waals surface area (Å²) in [5, 5.41) is 2.69. The monoisotopic (exact) mass is 387 g/mol. The van der Waals surface area contributed by atoms with Gasteiger partial charge in [-0.3, -0.25) is 4.79 Å². The van der Waals surface area contributed by atoms with Crippen molar-refractivity contribution in [2.75, 3.05) is 16.8 Å². The first kappa shape index (κ1) is 18.7. The zero-order valence-corrected chi connectivity index (χ0v) is 16.4. The van der Waals surface area contributed by atoms with Gasteiger partial charge < -0.3 is 10.2 Å². The van der Waals surface area contributed by atoms with Crippen molar-refractivity contribution in [3.8, 4) is 0 Å². The number of alkyl halides is 2. The number of nitrogens with one attached hydrogen (secondary N) is 1. The second kappa shape index (κ2) is 6.18. The summed E-state index contributed by atoms with van der Waals surface area (Å²) < 4.78 is 28.1. The van der Waals surface area contributed by atoms with Crippen LogP contribution < -0.4 is 10.2 Å². The fourth-order valence-corrected chi connectivity index (χ4v) is 3.66. The summed E-state index contributed by atoms with van der Waals surface area (Å²) in [5.74, 6) is -2.92. The minimum absolute atomic E-state index is 0.00503. The van der Waals surface area contributed by atoms with E-state index in [0.29, 0.717) is 23.9 Å². The highest BCUT2D eigenvalue weighted by molar-refractivity contribution is 5.89. The molecule has 0 aromatic carbocycles. The van der Waals surface area contributed by atoms with Gasteiger partial charge in [-0.05, 0) is 18.8 Å². The Bertz CT molecular complexity index is 950. The Morgan fingerprint density at radius 1 is 1.29 bits per heavy atom. The van der Waals surface area contributed by atoms with E-state index in [-0.39, 0.29) is 17.2 Å². The lowest BCUT2D eigenvalue weighted by Gasteiger charge is -2.22. The molecule has 1 spiro atoms. The van der Waals surface area contributed by atoms with E-state index in [1.807, 2.05) is 18.7 Å². The molecule has 1 saturated carbocycles. The van der Waals surface area contributed by atoms with Crippen LogP contribution in [0, 0.1) is 0 Å². The molecule has 3 heterocycles. The van der Waals surface area contributed by atoms with Gasteiger partial charge in [-0.2, -0.15) is 8.78 Å². The minimum Gasteiger partial charge on any atom is -0.325 e. The average Bonchev–Trinajstić information content (AvgIpc) is 3.31. The number of fused-ring (bicyclic) bond motifs is 2. The summed E-state index contributed by atoms with van der Waals surface area (Å²) in [7, 11) is 0. The van der Waals surface area contributed by atoms with Gasteiger partial charge in [-0.1, -0.05) is 13.8 Å². The number of nitrogens with zero attached hydrogens (tertiary/aromatic N) is 4. The normalized spacial score (nSPS) is 17.2. The summed E-state index contributed by atoms with van der Waals surface area (Å²) >= 11 is 0. The zero-order valence-electron chi connectivity index (χ0n) is 16.4. The number of amides is 1. The summed E-state index contributed by atoms with van der Waals surface area (Å²) in [5.41, 5.74) is 2.51. The van der Waals surface area contributed by atoms with Gasteiger partial charge >= 0.3 is 5.92 Å². The van der Waals surface area contributed by atoms with Crippen LogP contribution in [0.4, 0.5) is 26.1 Å². The lowest BCUT2D eigenvalue weighted by atomic mass is 10.0. The predicted octanol–water partition coefficient (Wildman–Crippen LogP) is 4.25.